The highest BCUT2D eigenvalue weighted by Gasteiger charge is 2.60. The van der Waals surface area contributed by atoms with E-state index in [0.717, 1.165) is 34.4 Å². The van der Waals surface area contributed by atoms with Crippen LogP contribution in [0.5, 0.6) is 0 Å². The number of carboxylic acid groups (broad SMARTS) is 1. The fourth-order valence-corrected chi connectivity index (χ4v) is 4.78. The SMILES string of the molecule is Cc1cc(CN2CCN(C(=O)OC(C(F)(F)F)C(F)(F)F)CC2)ccc1C1(C(=O)O)CCCC1. The number of aliphatic carboxylic acids is 1. The lowest BCUT2D eigenvalue weighted by molar-refractivity contribution is -0.308. The monoisotopic (exact) mass is 496 g/mol. The number of piperazine rings is 1. The molecule has 1 amide bonds. The van der Waals surface area contributed by atoms with E-state index in [1.165, 1.54) is 0 Å². The number of carbonyl (C=O) groups excluding carboxylic acids is 1. The number of alkyl halides is 6. The van der Waals surface area contributed by atoms with Crippen molar-refractivity contribution in [2.75, 3.05) is 26.2 Å². The van der Waals surface area contributed by atoms with Crippen LogP contribution >= 0.6 is 0 Å². The molecule has 1 N–H and O–H groups in total. The molecular formula is C22H26F6N2O4. The van der Waals surface area contributed by atoms with Crippen LogP contribution in [0.25, 0.3) is 0 Å². The first-order valence-electron chi connectivity index (χ1n) is 10.9. The van der Waals surface area contributed by atoms with E-state index in [4.69, 9.17) is 0 Å². The summed E-state index contributed by atoms with van der Waals surface area (Å²) in [5, 5.41) is 9.81. The molecule has 0 aromatic heterocycles. The number of halogens is 6. The van der Waals surface area contributed by atoms with Crippen LogP contribution in [0, 0.1) is 6.92 Å². The van der Waals surface area contributed by atoms with Crippen LogP contribution in [-0.4, -0.2) is 71.6 Å². The number of carboxylic acids is 1. The quantitative estimate of drug-likeness (QED) is 0.602. The minimum absolute atomic E-state index is 0.0829. The molecule has 190 valence electrons. The number of carbonyl (C=O) groups is 2. The van der Waals surface area contributed by atoms with Crippen molar-refractivity contribution in [1.82, 2.24) is 9.80 Å². The topological polar surface area (TPSA) is 70.1 Å². The van der Waals surface area contributed by atoms with Gasteiger partial charge in [-0.05, 0) is 36.5 Å². The lowest BCUT2D eigenvalue weighted by Crippen LogP contribution is -2.52. The lowest BCUT2D eigenvalue weighted by Gasteiger charge is -2.35. The number of rotatable bonds is 5. The molecule has 0 bridgehead atoms. The Morgan fingerprint density at radius 1 is 1.03 bits per heavy atom. The molecular weight excluding hydrogens is 470 g/mol. The predicted molar refractivity (Wildman–Crippen MR) is 108 cm³/mol. The molecule has 0 unspecified atom stereocenters. The van der Waals surface area contributed by atoms with Gasteiger partial charge in [0.05, 0.1) is 5.41 Å². The van der Waals surface area contributed by atoms with Gasteiger partial charge in [0, 0.05) is 32.7 Å². The van der Waals surface area contributed by atoms with E-state index in [0.29, 0.717) is 19.4 Å². The summed E-state index contributed by atoms with van der Waals surface area (Å²) < 4.78 is 79.5. The summed E-state index contributed by atoms with van der Waals surface area (Å²) in [7, 11) is 0. The van der Waals surface area contributed by atoms with Gasteiger partial charge in [0.2, 0.25) is 0 Å². The van der Waals surface area contributed by atoms with Crippen molar-refractivity contribution in [2.45, 2.75) is 63.0 Å². The zero-order valence-corrected chi connectivity index (χ0v) is 18.5. The van der Waals surface area contributed by atoms with Crippen LogP contribution < -0.4 is 0 Å². The second-order valence-electron chi connectivity index (χ2n) is 8.85. The molecule has 1 saturated carbocycles. The molecule has 1 aromatic rings. The third-order valence-corrected chi connectivity index (χ3v) is 6.52. The second-order valence-corrected chi connectivity index (χ2v) is 8.85. The van der Waals surface area contributed by atoms with Crippen molar-refractivity contribution in [2.24, 2.45) is 0 Å². The van der Waals surface area contributed by atoms with Crippen molar-refractivity contribution in [3.63, 3.8) is 0 Å². The molecule has 12 heteroatoms. The number of ether oxygens (including phenoxy) is 1. The van der Waals surface area contributed by atoms with Crippen LogP contribution in [0.1, 0.15) is 42.4 Å². The first kappa shape index (κ1) is 26.1. The van der Waals surface area contributed by atoms with E-state index < -0.39 is 35.9 Å². The van der Waals surface area contributed by atoms with E-state index in [-0.39, 0.29) is 26.2 Å². The molecule has 0 atom stereocenters. The first-order valence-corrected chi connectivity index (χ1v) is 10.9. The van der Waals surface area contributed by atoms with E-state index in [9.17, 15) is 41.0 Å². The van der Waals surface area contributed by atoms with Gasteiger partial charge < -0.3 is 14.7 Å². The summed E-state index contributed by atoms with van der Waals surface area (Å²) in [5.41, 5.74) is 1.66. The summed E-state index contributed by atoms with van der Waals surface area (Å²) in [6.45, 7) is 2.60. The maximum atomic E-state index is 12.6. The molecule has 0 radical (unpaired) electrons. The van der Waals surface area contributed by atoms with Crippen LogP contribution in [0.4, 0.5) is 31.1 Å². The van der Waals surface area contributed by atoms with Gasteiger partial charge in [0.1, 0.15) is 0 Å². The largest absolute Gasteiger partial charge is 0.481 e. The Balaban J connectivity index is 1.59. The zero-order valence-electron chi connectivity index (χ0n) is 18.5. The molecule has 1 saturated heterocycles. The Morgan fingerprint density at radius 3 is 2.06 bits per heavy atom. The van der Waals surface area contributed by atoms with Gasteiger partial charge >= 0.3 is 24.4 Å². The molecule has 1 aromatic carbocycles. The maximum absolute atomic E-state index is 12.6. The molecule has 3 rings (SSSR count). The van der Waals surface area contributed by atoms with E-state index in [1.54, 1.807) is 0 Å². The summed E-state index contributed by atoms with van der Waals surface area (Å²) in [6.07, 6.45) is -14.4. The average molecular weight is 496 g/mol. The minimum atomic E-state index is -5.75. The molecule has 2 fully saturated rings. The Labute approximate surface area is 192 Å². The summed E-state index contributed by atoms with van der Waals surface area (Å²) in [6, 6.07) is 5.56. The van der Waals surface area contributed by atoms with Gasteiger partial charge in [0.25, 0.3) is 6.10 Å². The lowest BCUT2D eigenvalue weighted by atomic mass is 9.76. The fraction of sp³-hybridized carbons (Fsp3) is 0.636. The van der Waals surface area contributed by atoms with Gasteiger partial charge in [-0.15, -0.1) is 0 Å². The molecule has 1 heterocycles. The standard InChI is InChI=1S/C22H26F6N2O4/c1-14-12-15(4-5-16(14)20(18(31)32)6-2-3-7-20)13-29-8-10-30(11-9-29)19(33)34-17(21(23,24)25)22(26,27)28/h4-5,12,17H,2-3,6-11,13H2,1H3,(H,31,32). The Hall–Kier alpha value is -2.50. The number of benzene rings is 1. The number of nitrogens with zero attached hydrogens (tertiary/aromatic N) is 2. The smallest absolute Gasteiger partial charge is 0.434 e. The Kier molecular flexibility index (Phi) is 7.40. The average Bonchev–Trinajstić information content (AvgIpc) is 3.22. The van der Waals surface area contributed by atoms with Crippen molar-refractivity contribution < 1.29 is 45.8 Å². The maximum Gasteiger partial charge on any atom is 0.434 e. The van der Waals surface area contributed by atoms with Gasteiger partial charge in [-0.2, -0.15) is 26.3 Å². The van der Waals surface area contributed by atoms with Crippen LogP contribution in [0.15, 0.2) is 18.2 Å². The third-order valence-electron chi connectivity index (χ3n) is 6.52. The normalized spacial score (nSPS) is 19.5. The van der Waals surface area contributed by atoms with E-state index in [2.05, 4.69) is 4.74 Å². The molecule has 6 nitrogen and oxygen atoms in total. The van der Waals surface area contributed by atoms with E-state index in [1.807, 2.05) is 30.0 Å². The zero-order chi connectivity index (χ0) is 25.3. The minimum Gasteiger partial charge on any atom is -0.481 e. The van der Waals surface area contributed by atoms with Crippen LogP contribution in [0.3, 0.4) is 0 Å². The number of hydrogen-bond acceptors (Lipinski definition) is 4. The summed E-state index contributed by atoms with van der Waals surface area (Å²) in [4.78, 5) is 26.6. The molecule has 1 aliphatic heterocycles. The third kappa shape index (κ3) is 5.59. The van der Waals surface area contributed by atoms with Gasteiger partial charge in [-0.3, -0.25) is 9.69 Å². The number of aryl methyl sites for hydroxylation is 1. The second kappa shape index (κ2) is 9.63. The highest BCUT2D eigenvalue weighted by molar-refractivity contribution is 5.82. The molecule has 2 aliphatic rings. The Bertz CT molecular complexity index is 890. The van der Waals surface area contributed by atoms with Crippen LogP contribution in [-0.2, 0) is 21.5 Å². The van der Waals surface area contributed by atoms with Crippen LogP contribution in [0.2, 0.25) is 0 Å². The van der Waals surface area contributed by atoms with Gasteiger partial charge in [-0.1, -0.05) is 31.0 Å². The first-order chi connectivity index (χ1) is 15.7. The van der Waals surface area contributed by atoms with E-state index >= 15 is 0 Å². The van der Waals surface area contributed by atoms with Crippen molar-refractivity contribution in [3.8, 4) is 0 Å². The predicted octanol–water partition coefficient (Wildman–Crippen LogP) is 4.64. The number of amides is 1. The Morgan fingerprint density at radius 2 is 1.59 bits per heavy atom. The van der Waals surface area contributed by atoms with Crippen molar-refractivity contribution in [3.05, 3.63) is 34.9 Å². The summed E-state index contributed by atoms with van der Waals surface area (Å²) >= 11 is 0. The van der Waals surface area contributed by atoms with Gasteiger partial charge in [-0.25, -0.2) is 4.79 Å². The number of hydrogen-bond donors (Lipinski definition) is 1. The molecule has 34 heavy (non-hydrogen) atoms. The van der Waals surface area contributed by atoms with Crippen molar-refractivity contribution in [1.29, 1.82) is 0 Å². The highest BCUT2D eigenvalue weighted by atomic mass is 19.4. The fourth-order valence-electron chi connectivity index (χ4n) is 4.78. The van der Waals surface area contributed by atoms with Gasteiger partial charge in [0.15, 0.2) is 0 Å². The van der Waals surface area contributed by atoms with Crippen molar-refractivity contribution >= 4 is 12.1 Å². The molecule has 1 aliphatic carbocycles. The summed E-state index contributed by atoms with van der Waals surface area (Å²) in [5.74, 6) is -0.831. The molecule has 0 spiro atoms. The highest BCUT2D eigenvalue weighted by Crippen LogP contribution is 2.43.